The van der Waals surface area contributed by atoms with Gasteiger partial charge in [0.15, 0.2) is 0 Å². The number of carbonyl (C=O) groups is 1. The van der Waals surface area contributed by atoms with Crippen LogP contribution in [-0.4, -0.2) is 13.0 Å². The second-order valence-corrected chi connectivity index (χ2v) is 4.05. The molecule has 1 N–H and O–H groups in total. The van der Waals surface area contributed by atoms with Crippen LogP contribution in [0.3, 0.4) is 0 Å². The highest BCUT2D eigenvalue weighted by molar-refractivity contribution is 6.04. The van der Waals surface area contributed by atoms with Crippen LogP contribution < -0.4 is 5.32 Å². The number of para-hydroxylation sites is 1. The first-order valence-electron chi connectivity index (χ1n) is 5.84. The van der Waals surface area contributed by atoms with Crippen molar-refractivity contribution in [2.75, 3.05) is 12.4 Å². The SMILES string of the molecule is COCc1ccccc1NC(=O)c1ccc(F)cc1. The fraction of sp³-hybridized carbons (Fsp3) is 0.133. The molecule has 0 spiro atoms. The van der Waals surface area contributed by atoms with E-state index in [0.717, 1.165) is 5.56 Å². The molecule has 0 aliphatic carbocycles. The Kier molecular flexibility index (Phi) is 4.26. The van der Waals surface area contributed by atoms with Gasteiger partial charge in [0.2, 0.25) is 0 Å². The first-order valence-corrected chi connectivity index (χ1v) is 5.84. The molecule has 0 saturated heterocycles. The molecule has 2 aromatic carbocycles. The molecule has 0 aliphatic rings. The molecule has 2 aromatic rings. The Morgan fingerprint density at radius 1 is 1.16 bits per heavy atom. The van der Waals surface area contributed by atoms with Gasteiger partial charge >= 0.3 is 0 Å². The van der Waals surface area contributed by atoms with Gasteiger partial charge in [-0.25, -0.2) is 4.39 Å². The van der Waals surface area contributed by atoms with Crippen molar-refractivity contribution < 1.29 is 13.9 Å². The minimum absolute atomic E-state index is 0.274. The zero-order chi connectivity index (χ0) is 13.7. The molecular weight excluding hydrogens is 245 g/mol. The highest BCUT2D eigenvalue weighted by Crippen LogP contribution is 2.17. The number of hydrogen-bond donors (Lipinski definition) is 1. The second-order valence-electron chi connectivity index (χ2n) is 4.05. The largest absolute Gasteiger partial charge is 0.380 e. The summed E-state index contributed by atoms with van der Waals surface area (Å²) in [6.07, 6.45) is 0. The number of methoxy groups -OCH3 is 1. The lowest BCUT2D eigenvalue weighted by Gasteiger charge is -2.10. The van der Waals surface area contributed by atoms with E-state index in [1.807, 2.05) is 18.2 Å². The average Bonchev–Trinajstić information content (AvgIpc) is 2.42. The van der Waals surface area contributed by atoms with Crippen molar-refractivity contribution in [2.45, 2.75) is 6.61 Å². The lowest BCUT2D eigenvalue weighted by molar-refractivity contribution is 0.102. The van der Waals surface area contributed by atoms with E-state index in [2.05, 4.69) is 5.32 Å². The molecule has 0 fully saturated rings. The first-order chi connectivity index (χ1) is 9.20. The number of amides is 1. The van der Waals surface area contributed by atoms with Gasteiger partial charge in [0, 0.05) is 23.9 Å². The maximum Gasteiger partial charge on any atom is 0.255 e. The molecule has 0 heterocycles. The lowest BCUT2D eigenvalue weighted by atomic mass is 10.1. The highest BCUT2D eigenvalue weighted by Gasteiger charge is 2.08. The van der Waals surface area contributed by atoms with Crippen molar-refractivity contribution in [3.8, 4) is 0 Å². The number of hydrogen-bond acceptors (Lipinski definition) is 2. The van der Waals surface area contributed by atoms with E-state index in [1.54, 1.807) is 13.2 Å². The number of benzene rings is 2. The van der Waals surface area contributed by atoms with E-state index >= 15 is 0 Å². The normalized spacial score (nSPS) is 10.2. The molecule has 0 aromatic heterocycles. The molecule has 1 amide bonds. The molecule has 19 heavy (non-hydrogen) atoms. The van der Waals surface area contributed by atoms with E-state index < -0.39 is 0 Å². The van der Waals surface area contributed by atoms with Gasteiger partial charge < -0.3 is 10.1 Å². The molecule has 0 unspecified atom stereocenters. The molecule has 2 rings (SSSR count). The third-order valence-corrected chi connectivity index (χ3v) is 2.67. The first kappa shape index (κ1) is 13.2. The van der Waals surface area contributed by atoms with E-state index in [0.29, 0.717) is 17.9 Å². The predicted molar refractivity (Wildman–Crippen MR) is 71.5 cm³/mol. The Balaban J connectivity index is 2.16. The maximum atomic E-state index is 12.8. The highest BCUT2D eigenvalue weighted by atomic mass is 19.1. The summed E-state index contributed by atoms with van der Waals surface area (Å²) in [5, 5.41) is 2.79. The predicted octanol–water partition coefficient (Wildman–Crippen LogP) is 3.22. The van der Waals surface area contributed by atoms with Crippen molar-refractivity contribution in [3.05, 3.63) is 65.5 Å². The van der Waals surface area contributed by atoms with Gasteiger partial charge in [0.05, 0.1) is 6.61 Å². The van der Waals surface area contributed by atoms with Gasteiger partial charge in [-0.1, -0.05) is 18.2 Å². The van der Waals surface area contributed by atoms with Gasteiger partial charge in [-0.05, 0) is 30.3 Å². The molecule has 0 bridgehead atoms. The van der Waals surface area contributed by atoms with E-state index in [4.69, 9.17) is 4.74 Å². The average molecular weight is 259 g/mol. The summed E-state index contributed by atoms with van der Waals surface area (Å²) in [4.78, 5) is 12.0. The summed E-state index contributed by atoms with van der Waals surface area (Å²) < 4.78 is 17.9. The minimum Gasteiger partial charge on any atom is -0.380 e. The Bertz CT molecular complexity index is 567. The van der Waals surface area contributed by atoms with Crippen LogP contribution in [0, 0.1) is 5.82 Å². The van der Waals surface area contributed by atoms with Crippen molar-refractivity contribution in [1.29, 1.82) is 0 Å². The van der Waals surface area contributed by atoms with Crippen LogP contribution in [0.15, 0.2) is 48.5 Å². The van der Waals surface area contributed by atoms with Crippen LogP contribution in [0.1, 0.15) is 15.9 Å². The summed E-state index contributed by atoms with van der Waals surface area (Å²) in [6, 6.07) is 12.8. The number of halogens is 1. The fourth-order valence-corrected chi connectivity index (χ4v) is 1.72. The quantitative estimate of drug-likeness (QED) is 0.915. The lowest BCUT2D eigenvalue weighted by Crippen LogP contribution is -2.13. The Morgan fingerprint density at radius 3 is 2.53 bits per heavy atom. The summed E-state index contributed by atoms with van der Waals surface area (Å²) in [5.74, 6) is -0.639. The summed E-state index contributed by atoms with van der Waals surface area (Å²) in [5.41, 5.74) is 1.99. The summed E-state index contributed by atoms with van der Waals surface area (Å²) in [7, 11) is 1.60. The second kappa shape index (κ2) is 6.11. The van der Waals surface area contributed by atoms with Crippen LogP contribution in [-0.2, 0) is 11.3 Å². The number of ether oxygens (including phenoxy) is 1. The molecule has 98 valence electrons. The summed E-state index contributed by atoms with van der Waals surface area (Å²) >= 11 is 0. The zero-order valence-corrected chi connectivity index (χ0v) is 10.5. The number of nitrogens with one attached hydrogen (secondary N) is 1. The maximum absolute atomic E-state index is 12.8. The molecule has 0 aliphatic heterocycles. The van der Waals surface area contributed by atoms with Crippen LogP contribution in [0.5, 0.6) is 0 Å². The molecular formula is C15H14FNO2. The summed E-state index contributed by atoms with van der Waals surface area (Å²) in [6.45, 7) is 0.417. The third-order valence-electron chi connectivity index (χ3n) is 2.67. The standard InChI is InChI=1S/C15H14FNO2/c1-19-10-12-4-2-3-5-14(12)17-15(18)11-6-8-13(16)9-7-11/h2-9H,10H2,1H3,(H,17,18). The molecule has 3 nitrogen and oxygen atoms in total. The monoisotopic (exact) mass is 259 g/mol. The van der Waals surface area contributed by atoms with Crippen LogP contribution in [0.2, 0.25) is 0 Å². The van der Waals surface area contributed by atoms with E-state index in [1.165, 1.54) is 24.3 Å². The van der Waals surface area contributed by atoms with Gasteiger partial charge in [-0.15, -0.1) is 0 Å². The van der Waals surface area contributed by atoms with Crippen molar-refractivity contribution in [2.24, 2.45) is 0 Å². The minimum atomic E-state index is -0.365. The van der Waals surface area contributed by atoms with Crippen LogP contribution in [0.25, 0.3) is 0 Å². The van der Waals surface area contributed by atoms with Gasteiger partial charge in [0.1, 0.15) is 5.82 Å². The molecule has 4 heteroatoms. The van der Waals surface area contributed by atoms with Crippen molar-refractivity contribution >= 4 is 11.6 Å². The van der Waals surface area contributed by atoms with Crippen LogP contribution >= 0.6 is 0 Å². The molecule has 0 radical (unpaired) electrons. The number of carbonyl (C=O) groups excluding carboxylic acids is 1. The topological polar surface area (TPSA) is 38.3 Å². The molecule has 0 atom stereocenters. The Morgan fingerprint density at radius 2 is 1.84 bits per heavy atom. The Labute approximate surface area is 111 Å². The Hall–Kier alpha value is -2.20. The van der Waals surface area contributed by atoms with Gasteiger partial charge in [0.25, 0.3) is 5.91 Å². The smallest absolute Gasteiger partial charge is 0.255 e. The van der Waals surface area contributed by atoms with Crippen molar-refractivity contribution in [1.82, 2.24) is 0 Å². The number of anilines is 1. The van der Waals surface area contributed by atoms with Crippen LogP contribution in [0.4, 0.5) is 10.1 Å². The third kappa shape index (κ3) is 3.39. The van der Waals surface area contributed by atoms with E-state index in [-0.39, 0.29) is 11.7 Å². The number of rotatable bonds is 4. The van der Waals surface area contributed by atoms with Crippen molar-refractivity contribution in [3.63, 3.8) is 0 Å². The van der Waals surface area contributed by atoms with Gasteiger partial charge in [-0.2, -0.15) is 0 Å². The van der Waals surface area contributed by atoms with Gasteiger partial charge in [-0.3, -0.25) is 4.79 Å². The van der Waals surface area contributed by atoms with E-state index in [9.17, 15) is 9.18 Å². The fourth-order valence-electron chi connectivity index (χ4n) is 1.72. The molecule has 0 saturated carbocycles. The zero-order valence-electron chi connectivity index (χ0n) is 10.5.